The van der Waals surface area contributed by atoms with Crippen molar-refractivity contribution in [1.29, 1.82) is 0 Å². The normalized spacial score (nSPS) is 14.5. The lowest BCUT2D eigenvalue weighted by Gasteiger charge is -2.20. The summed E-state index contributed by atoms with van der Waals surface area (Å²) in [5, 5.41) is 16.1. The topological polar surface area (TPSA) is 64.2 Å². The van der Waals surface area contributed by atoms with Crippen molar-refractivity contribution in [2.75, 3.05) is 0 Å². The molecule has 0 radical (unpaired) electrons. The number of nitro groups is 1. The van der Waals surface area contributed by atoms with Gasteiger partial charge in [-0.25, -0.2) is 0 Å². The van der Waals surface area contributed by atoms with Gasteiger partial charge in [-0.15, -0.1) is 4.68 Å². The van der Waals surface area contributed by atoms with E-state index in [1.54, 1.807) is 6.07 Å². The van der Waals surface area contributed by atoms with Crippen LogP contribution in [-0.4, -0.2) is 25.6 Å². The molecule has 3 rings (SSSR count). The molecule has 116 valence electrons. The fourth-order valence-corrected chi connectivity index (χ4v) is 2.69. The molecule has 0 aliphatic heterocycles. The largest absolute Gasteiger partial charge is 0.358 e. The van der Waals surface area contributed by atoms with E-state index in [2.05, 4.69) is 10.00 Å². The molecular formula is C14H14Cl2N4O2. The van der Waals surface area contributed by atoms with Gasteiger partial charge in [0, 0.05) is 12.6 Å². The minimum absolute atomic E-state index is 0.000196. The molecule has 8 heteroatoms. The van der Waals surface area contributed by atoms with Crippen molar-refractivity contribution >= 4 is 29.0 Å². The first-order valence-electron chi connectivity index (χ1n) is 6.89. The number of nitrogens with zero attached hydrogens (tertiary/aromatic N) is 4. The van der Waals surface area contributed by atoms with Crippen LogP contribution in [-0.2, 0) is 13.2 Å². The molecule has 1 aliphatic rings. The third kappa shape index (κ3) is 3.40. The molecule has 0 bridgehead atoms. The molecule has 0 atom stereocenters. The highest BCUT2D eigenvalue weighted by Crippen LogP contribution is 2.30. The molecule has 0 saturated heterocycles. The van der Waals surface area contributed by atoms with Crippen LogP contribution in [0.4, 0.5) is 5.82 Å². The van der Waals surface area contributed by atoms with Crippen molar-refractivity contribution in [3.05, 3.63) is 56.2 Å². The Morgan fingerprint density at radius 2 is 2.09 bits per heavy atom. The summed E-state index contributed by atoms with van der Waals surface area (Å²) in [6, 6.07) is 7.35. The molecule has 0 amide bonds. The lowest BCUT2D eigenvalue weighted by molar-refractivity contribution is -0.393. The van der Waals surface area contributed by atoms with Gasteiger partial charge >= 0.3 is 5.82 Å². The van der Waals surface area contributed by atoms with Crippen LogP contribution in [0, 0.1) is 10.1 Å². The molecule has 0 spiro atoms. The van der Waals surface area contributed by atoms with Crippen LogP contribution >= 0.6 is 23.2 Å². The van der Waals surface area contributed by atoms with E-state index in [1.807, 2.05) is 12.1 Å². The maximum Gasteiger partial charge on any atom is 0.346 e. The summed E-state index contributed by atoms with van der Waals surface area (Å²) in [4.78, 5) is 12.7. The molecule has 22 heavy (non-hydrogen) atoms. The Balaban J connectivity index is 1.77. The van der Waals surface area contributed by atoms with Crippen molar-refractivity contribution in [3.8, 4) is 0 Å². The van der Waals surface area contributed by atoms with E-state index in [1.165, 1.54) is 16.9 Å². The fraction of sp³-hybridized carbons (Fsp3) is 0.357. The van der Waals surface area contributed by atoms with Gasteiger partial charge in [-0.1, -0.05) is 34.4 Å². The minimum atomic E-state index is -0.419. The van der Waals surface area contributed by atoms with Crippen molar-refractivity contribution in [2.24, 2.45) is 0 Å². The second-order valence-corrected chi connectivity index (χ2v) is 6.13. The second kappa shape index (κ2) is 6.24. The van der Waals surface area contributed by atoms with Gasteiger partial charge < -0.3 is 10.1 Å². The highest BCUT2D eigenvalue weighted by atomic mass is 35.5. The van der Waals surface area contributed by atoms with Crippen molar-refractivity contribution in [3.63, 3.8) is 0 Å². The van der Waals surface area contributed by atoms with Crippen molar-refractivity contribution < 1.29 is 4.92 Å². The van der Waals surface area contributed by atoms with Crippen LogP contribution in [0.2, 0.25) is 10.0 Å². The molecule has 1 aromatic heterocycles. The molecule has 1 aromatic carbocycles. The zero-order valence-electron chi connectivity index (χ0n) is 11.7. The van der Waals surface area contributed by atoms with E-state index in [4.69, 9.17) is 23.2 Å². The summed E-state index contributed by atoms with van der Waals surface area (Å²) in [6.07, 6.45) is 3.63. The van der Waals surface area contributed by atoms with Crippen LogP contribution in [0.1, 0.15) is 18.4 Å². The number of hydrogen-bond acceptors (Lipinski definition) is 4. The van der Waals surface area contributed by atoms with Crippen molar-refractivity contribution in [2.45, 2.75) is 32.1 Å². The Bertz CT molecular complexity index is 700. The summed E-state index contributed by atoms with van der Waals surface area (Å²) in [5.74, 6) is -0.000196. The first-order chi connectivity index (χ1) is 10.5. The number of halogens is 2. The minimum Gasteiger partial charge on any atom is -0.358 e. The van der Waals surface area contributed by atoms with E-state index in [-0.39, 0.29) is 5.82 Å². The van der Waals surface area contributed by atoms with Gasteiger partial charge in [0.05, 0.1) is 22.3 Å². The number of hydrogen-bond donors (Lipinski definition) is 0. The van der Waals surface area contributed by atoms with E-state index in [0.29, 0.717) is 29.3 Å². The van der Waals surface area contributed by atoms with Crippen molar-refractivity contribution in [1.82, 2.24) is 14.7 Å². The molecule has 1 fully saturated rings. The molecule has 6 nitrogen and oxygen atoms in total. The lowest BCUT2D eigenvalue weighted by atomic mass is 10.2. The third-order valence-electron chi connectivity index (χ3n) is 3.63. The van der Waals surface area contributed by atoms with Crippen LogP contribution in [0.5, 0.6) is 0 Å². The standard InChI is InChI=1S/C14H14Cl2N4O2/c15-12-4-1-10(7-13(12)16)8-18(11-2-3-11)9-19-14(20(21)22)5-6-17-19/h1,4-7,11H,2-3,8-9H2. The van der Waals surface area contributed by atoms with Crippen LogP contribution in [0.25, 0.3) is 0 Å². The van der Waals surface area contributed by atoms with E-state index >= 15 is 0 Å². The maximum absolute atomic E-state index is 11.0. The van der Waals surface area contributed by atoms with Gasteiger partial charge in [-0.3, -0.25) is 4.90 Å². The molecule has 0 unspecified atom stereocenters. The summed E-state index contributed by atoms with van der Waals surface area (Å²) < 4.78 is 1.41. The molecule has 2 aromatic rings. The third-order valence-corrected chi connectivity index (χ3v) is 4.37. The molecule has 1 aliphatic carbocycles. The van der Waals surface area contributed by atoms with Gasteiger partial charge in [-0.05, 0) is 35.5 Å². The van der Waals surface area contributed by atoms with Crippen LogP contribution in [0.3, 0.4) is 0 Å². The zero-order valence-corrected chi connectivity index (χ0v) is 13.2. The average molecular weight is 341 g/mol. The first-order valence-corrected chi connectivity index (χ1v) is 7.64. The Morgan fingerprint density at radius 1 is 1.32 bits per heavy atom. The smallest absolute Gasteiger partial charge is 0.346 e. The van der Waals surface area contributed by atoms with Gasteiger partial charge in [0.25, 0.3) is 0 Å². The summed E-state index contributed by atoms with van der Waals surface area (Å²) >= 11 is 12.0. The van der Waals surface area contributed by atoms with Crippen LogP contribution in [0.15, 0.2) is 30.5 Å². The number of rotatable bonds is 6. The Kier molecular flexibility index (Phi) is 4.33. The quantitative estimate of drug-likeness (QED) is 0.593. The van der Waals surface area contributed by atoms with E-state index in [9.17, 15) is 10.1 Å². The van der Waals surface area contributed by atoms with Gasteiger partial charge in [0.2, 0.25) is 0 Å². The lowest BCUT2D eigenvalue weighted by Crippen LogP contribution is -2.29. The number of aromatic nitrogens is 2. The maximum atomic E-state index is 11.0. The summed E-state index contributed by atoms with van der Waals surface area (Å²) in [5.41, 5.74) is 1.02. The Labute approximate surface area is 137 Å². The molecular weight excluding hydrogens is 327 g/mol. The number of benzene rings is 1. The summed E-state index contributed by atoms with van der Waals surface area (Å²) in [7, 11) is 0. The fourth-order valence-electron chi connectivity index (χ4n) is 2.37. The van der Waals surface area contributed by atoms with Gasteiger partial charge in [0.15, 0.2) is 6.67 Å². The average Bonchev–Trinajstić information content (AvgIpc) is 3.21. The SMILES string of the molecule is O=[N+]([O-])c1ccnn1CN(Cc1ccc(Cl)c(Cl)c1)C1CC1. The van der Waals surface area contributed by atoms with Gasteiger partial charge in [-0.2, -0.15) is 0 Å². The predicted molar refractivity (Wildman–Crippen MR) is 83.9 cm³/mol. The highest BCUT2D eigenvalue weighted by molar-refractivity contribution is 6.42. The molecule has 1 heterocycles. The monoisotopic (exact) mass is 340 g/mol. The van der Waals surface area contributed by atoms with E-state index < -0.39 is 4.92 Å². The van der Waals surface area contributed by atoms with Gasteiger partial charge in [0.1, 0.15) is 0 Å². The van der Waals surface area contributed by atoms with E-state index in [0.717, 1.165) is 18.4 Å². The van der Waals surface area contributed by atoms with Crippen LogP contribution < -0.4 is 0 Å². The first kappa shape index (κ1) is 15.3. The predicted octanol–water partition coefficient (Wildman–Crippen LogP) is 3.72. The molecule has 0 N–H and O–H groups in total. The second-order valence-electron chi connectivity index (χ2n) is 5.31. The summed E-state index contributed by atoms with van der Waals surface area (Å²) in [6.45, 7) is 1.03. The Morgan fingerprint density at radius 3 is 2.73 bits per heavy atom. The highest BCUT2D eigenvalue weighted by Gasteiger charge is 2.31. The zero-order chi connectivity index (χ0) is 15.7. The Hall–Kier alpha value is -1.63. The molecule has 1 saturated carbocycles.